The molecule has 0 aromatic rings. The molecule has 0 saturated carbocycles. The van der Waals surface area contributed by atoms with Crippen molar-refractivity contribution in [2.45, 2.75) is 39.3 Å². The van der Waals surface area contributed by atoms with E-state index >= 15 is 0 Å². The Labute approximate surface area is 114 Å². The molecule has 0 aromatic carbocycles. The van der Waals surface area contributed by atoms with Crippen molar-refractivity contribution in [1.82, 2.24) is 10.6 Å². The zero-order chi connectivity index (χ0) is 14.9. The molecule has 0 heterocycles. The van der Waals surface area contributed by atoms with E-state index in [9.17, 15) is 9.59 Å². The highest BCUT2D eigenvalue weighted by Gasteiger charge is 2.15. The van der Waals surface area contributed by atoms with E-state index in [-0.39, 0.29) is 12.0 Å². The van der Waals surface area contributed by atoms with Crippen molar-refractivity contribution in [1.29, 1.82) is 0 Å². The number of amides is 1. The molecule has 0 fully saturated rings. The van der Waals surface area contributed by atoms with Crippen LogP contribution in [0.15, 0.2) is 12.2 Å². The largest absolute Gasteiger partial charge is 0.468 e. The van der Waals surface area contributed by atoms with Gasteiger partial charge in [-0.15, -0.1) is 0 Å². The first-order valence-electron chi connectivity index (χ1n) is 6.19. The maximum Gasteiger partial charge on any atom is 0.407 e. The number of rotatable bonds is 6. The fourth-order valence-corrected chi connectivity index (χ4v) is 1.13. The third-order valence-corrected chi connectivity index (χ3v) is 2.03. The van der Waals surface area contributed by atoms with E-state index in [2.05, 4.69) is 15.4 Å². The normalized spacial score (nSPS) is 13.1. The van der Waals surface area contributed by atoms with Gasteiger partial charge in [-0.05, 0) is 27.7 Å². The molecule has 6 nitrogen and oxygen atoms in total. The second-order valence-corrected chi connectivity index (χ2v) is 5.01. The third-order valence-electron chi connectivity index (χ3n) is 2.03. The molecule has 2 N–H and O–H groups in total. The van der Waals surface area contributed by atoms with E-state index in [1.165, 1.54) is 7.11 Å². The molecule has 19 heavy (non-hydrogen) atoms. The van der Waals surface area contributed by atoms with Gasteiger partial charge in [0.15, 0.2) is 0 Å². The van der Waals surface area contributed by atoms with Crippen molar-refractivity contribution in [3.05, 3.63) is 12.2 Å². The average molecular weight is 272 g/mol. The fraction of sp³-hybridized carbons (Fsp3) is 0.692. The SMILES string of the molecule is COC(=O)C(C)NC/C=C/CNC(=O)OC(C)(C)C. The summed E-state index contributed by atoms with van der Waals surface area (Å²) in [6, 6.07) is -0.353. The lowest BCUT2D eigenvalue weighted by atomic mass is 10.2. The zero-order valence-electron chi connectivity index (χ0n) is 12.3. The molecular weight excluding hydrogens is 248 g/mol. The lowest BCUT2D eigenvalue weighted by Crippen LogP contribution is -2.35. The van der Waals surface area contributed by atoms with Gasteiger partial charge in [0.2, 0.25) is 0 Å². The lowest BCUT2D eigenvalue weighted by molar-refractivity contribution is -0.142. The number of methoxy groups -OCH3 is 1. The van der Waals surface area contributed by atoms with Crippen molar-refractivity contribution >= 4 is 12.1 Å². The Kier molecular flexibility index (Phi) is 7.83. The Morgan fingerprint density at radius 2 is 1.79 bits per heavy atom. The molecule has 6 heteroatoms. The molecule has 0 radical (unpaired) electrons. The van der Waals surface area contributed by atoms with E-state index in [4.69, 9.17) is 4.74 Å². The number of carbonyl (C=O) groups excluding carboxylic acids is 2. The van der Waals surface area contributed by atoms with Gasteiger partial charge in [0.1, 0.15) is 11.6 Å². The highest BCUT2D eigenvalue weighted by Crippen LogP contribution is 2.05. The summed E-state index contributed by atoms with van der Waals surface area (Å²) in [6.45, 7) is 8.04. The van der Waals surface area contributed by atoms with Gasteiger partial charge in [-0.2, -0.15) is 0 Å². The van der Waals surface area contributed by atoms with Crippen LogP contribution in [0.2, 0.25) is 0 Å². The van der Waals surface area contributed by atoms with Gasteiger partial charge in [0.25, 0.3) is 0 Å². The van der Waals surface area contributed by atoms with Crippen molar-refractivity contribution in [3.8, 4) is 0 Å². The van der Waals surface area contributed by atoms with E-state index in [1.54, 1.807) is 33.8 Å². The van der Waals surface area contributed by atoms with Crippen LogP contribution in [0.4, 0.5) is 4.79 Å². The third kappa shape index (κ3) is 10.1. The summed E-state index contributed by atoms with van der Waals surface area (Å²) in [4.78, 5) is 22.4. The zero-order valence-corrected chi connectivity index (χ0v) is 12.3. The van der Waals surface area contributed by atoms with Crippen LogP contribution in [0, 0.1) is 0 Å². The number of nitrogens with one attached hydrogen (secondary N) is 2. The first-order chi connectivity index (χ1) is 8.76. The number of carbonyl (C=O) groups is 2. The molecule has 1 atom stereocenters. The second kappa shape index (κ2) is 8.53. The first-order valence-corrected chi connectivity index (χ1v) is 6.19. The summed E-state index contributed by atoms with van der Waals surface area (Å²) in [5, 5.41) is 5.55. The monoisotopic (exact) mass is 272 g/mol. The molecule has 1 amide bonds. The molecule has 0 aromatic heterocycles. The van der Waals surface area contributed by atoms with Crippen LogP contribution in [-0.2, 0) is 14.3 Å². The first kappa shape index (κ1) is 17.4. The van der Waals surface area contributed by atoms with Crippen molar-refractivity contribution < 1.29 is 19.1 Å². The molecule has 0 bridgehead atoms. The molecule has 0 rings (SSSR count). The number of hydrogen-bond acceptors (Lipinski definition) is 5. The Hall–Kier alpha value is -1.56. The van der Waals surface area contributed by atoms with Crippen LogP contribution in [0.25, 0.3) is 0 Å². The molecule has 0 spiro atoms. The highest BCUT2D eigenvalue weighted by atomic mass is 16.6. The van der Waals surface area contributed by atoms with Gasteiger partial charge in [0.05, 0.1) is 7.11 Å². The maximum atomic E-state index is 11.3. The minimum Gasteiger partial charge on any atom is -0.468 e. The number of esters is 1. The van der Waals surface area contributed by atoms with Gasteiger partial charge in [0, 0.05) is 13.1 Å². The van der Waals surface area contributed by atoms with Crippen molar-refractivity contribution in [3.63, 3.8) is 0 Å². The topological polar surface area (TPSA) is 76.7 Å². The van der Waals surface area contributed by atoms with Crippen LogP contribution in [0.5, 0.6) is 0 Å². The summed E-state index contributed by atoms with van der Waals surface area (Å²) in [6.07, 6.45) is 3.14. The lowest BCUT2D eigenvalue weighted by Gasteiger charge is -2.19. The molecule has 110 valence electrons. The van der Waals surface area contributed by atoms with Gasteiger partial charge in [-0.1, -0.05) is 12.2 Å². The van der Waals surface area contributed by atoms with Gasteiger partial charge < -0.3 is 20.1 Å². The van der Waals surface area contributed by atoms with E-state index in [1.807, 2.05) is 6.08 Å². The van der Waals surface area contributed by atoms with Crippen molar-refractivity contribution in [2.75, 3.05) is 20.2 Å². The number of hydrogen-bond donors (Lipinski definition) is 2. The smallest absolute Gasteiger partial charge is 0.407 e. The summed E-state index contributed by atoms with van der Waals surface area (Å²) in [7, 11) is 1.35. The Bertz CT molecular complexity index is 321. The molecule has 0 aliphatic rings. The Morgan fingerprint density at radius 3 is 2.32 bits per heavy atom. The van der Waals surface area contributed by atoms with Gasteiger partial charge in [-0.3, -0.25) is 4.79 Å². The number of ether oxygens (including phenoxy) is 2. The van der Waals surface area contributed by atoms with E-state index in [0.717, 1.165) is 0 Å². The summed E-state index contributed by atoms with van der Waals surface area (Å²) in [5.74, 6) is -0.305. The molecule has 0 aliphatic carbocycles. The summed E-state index contributed by atoms with van der Waals surface area (Å²) in [5.41, 5.74) is -0.495. The van der Waals surface area contributed by atoms with E-state index < -0.39 is 11.7 Å². The fourth-order valence-electron chi connectivity index (χ4n) is 1.13. The molecule has 1 unspecified atom stereocenters. The van der Waals surface area contributed by atoms with Crippen LogP contribution < -0.4 is 10.6 Å². The van der Waals surface area contributed by atoms with Crippen LogP contribution in [0.1, 0.15) is 27.7 Å². The van der Waals surface area contributed by atoms with Crippen LogP contribution in [0.3, 0.4) is 0 Å². The average Bonchev–Trinajstić information content (AvgIpc) is 2.29. The van der Waals surface area contributed by atoms with Crippen LogP contribution >= 0.6 is 0 Å². The minimum atomic E-state index is -0.495. The predicted octanol–water partition coefficient (Wildman–Crippen LogP) is 1.22. The second-order valence-electron chi connectivity index (χ2n) is 5.01. The summed E-state index contributed by atoms with van der Waals surface area (Å²) < 4.78 is 9.64. The molecular formula is C13H24N2O4. The minimum absolute atomic E-state index is 0.305. The molecule has 0 aliphatic heterocycles. The van der Waals surface area contributed by atoms with Crippen LogP contribution in [-0.4, -0.2) is 43.9 Å². The quantitative estimate of drug-likeness (QED) is 0.561. The van der Waals surface area contributed by atoms with Gasteiger partial charge >= 0.3 is 12.1 Å². The molecule has 0 saturated heterocycles. The highest BCUT2D eigenvalue weighted by molar-refractivity contribution is 5.75. The maximum absolute atomic E-state index is 11.3. The predicted molar refractivity (Wildman–Crippen MR) is 72.9 cm³/mol. The standard InChI is InChI=1S/C13H24N2O4/c1-10(11(16)18-5)14-8-6-7-9-15-12(17)19-13(2,3)4/h6-7,10,14H,8-9H2,1-5H3,(H,15,17)/b7-6+. The van der Waals surface area contributed by atoms with Crippen molar-refractivity contribution in [2.24, 2.45) is 0 Å². The summed E-state index contributed by atoms with van der Waals surface area (Å²) >= 11 is 0. The van der Waals surface area contributed by atoms with E-state index in [0.29, 0.717) is 13.1 Å². The Balaban J connectivity index is 3.70. The van der Waals surface area contributed by atoms with Gasteiger partial charge in [-0.25, -0.2) is 4.79 Å². The number of alkyl carbamates (subject to hydrolysis) is 1. The Morgan fingerprint density at radius 1 is 1.21 bits per heavy atom.